The van der Waals surface area contributed by atoms with Crippen LogP contribution in [0, 0.1) is 5.92 Å². The third-order valence-electron chi connectivity index (χ3n) is 7.13. The Kier molecular flexibility index (Phi) is 5.83. The van der Waals surface area contributed by atoms with Crippen molar-refractivity contribution < 1.29 is 13.2 Å². The van der Waals surface area contributed by atoms with Gasteiger partial charge in [0, 0.05) is 22.0 Å². The molecule has 0 radical (unpaired) electrons. The summed E-state index contributed by atoms with van der Waals surface area (Å²) in [6.07, 6.45) is 7.45. The predicted molar refractivity (Wildman–Crippen MR) is 140 cm³/mol. The van der Waals surface area contributed by atoms with Crippen molar-refractivity contribution in [2.24, 2.45) is 5.92 Å². The first kappa shape index (κ1) is 23.3. The molecule has 35 heavy (non-hydrogen) atoms. The van der Waals surface area contributed by atoms with Gasteiger partial charge in [0.1, 0.15) is 13.5 Å². The number of fused-ring (bicyclic) bond motifs is 2. The quantitative estimate of drug-likeness (QED) is 0.375. The maximum atomic E-state index is 14.6. The third kappa shape index (κ3) is 3.86. The second-order valence-corrected chi connectivity index (χ2v) is 18.1. The number of nitrogens with zero attached hydrogens (tertiary/aromatic N) is 1. The Morgan fingerprint density at radius 3 is 2.57 bits per heavy atom. The molecular weight excluding hydrogens is 520 g/mol. The Balaban J connectivity index is 1.44. The lowest BCUT2D eigenvalue weighted by Crippen LogP contribution is -2.32. The highest BCUT2D eigenvalue weighted by atomic mass is 35.5. The van der Waals surface area contributed by atoms with Gasteiger partial charge in [0.2, 0.25) is 5.91 Å². The van der Waals surface area contributed by atoms with Gasteiger partial charge < -0.3 is 5.32 Å². The molecule has 1 amide bonds. The monoisotopic (exact) mass is 544 g/mol. The molecule has 5 nitrogen and oxygen atoms in total. The van der Waals surface area contributed by atoms with Crippen LogP contribution >= 0.6 is 11.6 Å². The van der Waals surface area contributed by atoms with Gasteiger partial charge in [-0.05, 0) is 88.2 Å². The lowest BCUT2D eigenvalue weighted by atomic mass is 10.0. The number of hydrogen-bond donors (Lipinski definition) is 1. The van der Waals surface area contributed by atoms with Crippen LogP contribution in [0.3, 0.4) is 0 Å². The number of aromatic nitrogens is 1. The fraction of sp³-hybridized carbons (Fsp3) is 0.308. The second kappa shape index (κ2) is 8.76. The standard InChI is InChI=1S/C26H25ClN2O3S3/c27-19-9-13-23-24(16-19)35(32,25-7-3-4-14-28-25)33-34(23,31)20-10-11-21-18(15-20)8-12-22(21)29-26(30)17-5-1-2-6-17/h3-4,7,9-11,13-17,22H,1-2,5-6,8,12H2,(H,29,30). The lowest BCUT2D eigenvalue weighted by molar-refractivity contribution is -0.125. The van der Waals surface area contributed by atoms with Gasteiger partial charge >= 0.3 is 0 Å². The van der Waals surface area contributed by atoms with Crippen LogP contribution < -0.4 is 5.32 Å². The van der Waals surface area contributed by atoms with E-state index in [2.05, 4.69) is 10.3 Å². The van der Waals surface area contributed by atoms with Gasteiger partial charge in [-0.15, -0.1) is 0 Å². The molecule has 2 aromatic carbocycles. The number of hydrogen-bond acceptors (Lipinski definition) is 4. The fourth-order valence-electron chi connectivity index (χ4n) is 5.33. The van der Waals surface area contributed by atoms with Gasteiger partial charge in [-0.2, -0.15) is 0 Å². The van der Waals surface area contributed by atoms with Crippen molar-refractivity contribution in [1.29, 1.82) is 0 Å². The number of aryl methyl sites for hydroxylation is 1. The summed E-state index contributed by atoms with van der Waals surface area (Å²) in [4.78, 5) is 18.7. The van der Waals surface area contributed by atoms with E-state index in [9.17, 15) is 13.2 Å². The van der Waals surface area contributed by atoms with E-state index in [0.717, 1.165) is 58.5 Å². The molecular formula is C26H25ClN2O3S3. The van der Waals surface area contributed by atoms with Crippen LogP contribution in [0.4, 0.5) is 0 Å². The minimum Gasteiger partial charge on any atom is -0.349 e. The largest absolute Gasteiger partial charge is 0.349 e. The van der Waals surface area contributed by atoms with Crippen LogP contribution in [-0.2, 0) is 37.1 Å². The van der Waals surface area contributed by atoms with Crippen LogP contribution in [0.25, 0.3) is 0 Å². The summed E-state index contributed by atoms with van der Waals surface area (Å²) < 4.78 is 28.9. The number of halogens is 1. The Labute approximate surface area is 213 Å². The highest BCUT2D eigenvalue weighted by molar-refractivity contribution is 8.61. The average Bonchev–Trinajstić information content (AvgIpc) is 3.59. The molecule has 1 fully saturated rings. The molecule has 3 atom stereocenters. The molecule has 0 bridgehead atoms. The second-order valence-electron chi connectivity index (χ2n) is 9.28. The first-order valence-electron chi connectivity index (χ1n) is 11.8. The molecule has 1 N–H and O–H groups in total. The summed E-state index contributed by atoms with van der Waals surface area (Å²) in [5, 5.41) is 4.10. The SMILES string of the molecule is O=C(NC1CCc2cc(S3(=O)=S=S(=O)(c4ccccn4)c4cc(Cl)ccc43)ccc21)C1CCCC1. The van der Waals surface area contributed by atoms with Crippen LogP contribution in [0.5, 0.6) is 0 Å². The Bertz CT molecular complexity index is 1610. The molecule has 0 spiro atoms. The molecule has 3 unspecified atom stereocenters. The van der Waals surface area contributed by atoms with Crippen molar-refractivity contribution >= 4 is 43.4 Å². The number of amides is 1. The number of benzene rings is 2. The highest BCUT2D eigenvalue weighted by Gasteiger charge is 2.34. The fourth-order valence-corrected chi connectivity index (χ4v) is 18.1. The van der Waals surface area contributed by atoms with E-state index in [1.54, 1.807) is 42.6 Å². The zero-order valence-corrected chi connectivity index (χ0v) is 22.2. The van der Waals surface area contributed by atoms with Gasteiger partial charge in [0.05, 0.1) is 24.3 Å². The van der Waals surface area contributed by atoms with E-state index < -0.39 is 17.0 Å². The van der Waals surface area contributed by atoms with Crippen molar-refractivity contribution in [1.82, 2.24) is 10.3 Å². The molecule has 182 valence electrons. The van der Waals surface area contributed by atoms with Gasteiger partial charge in [-0.3, -0.25) is 4.79 Å². The summed E-state index contributed by atoms with van der Waals surface area (Å²) in [5.74, 6) is 0.285. The van der Waals surface area contributed by atoms with Gasteiger partial charge in [0.15, 0.2) is 0 Å². The molecule has 1 aromatic heterocycles. The Hall–Kier alpha value is -2.13. The van der Waals surface area contributed by atoms with E-state index in [0.29, 0.717) is 24.7 Å². The first-order valence-corrected chi connectivity index (χ1v) is 17.2. The number of carbonyl (C=O) groups is 1. The van der Waals surface area contributed by atoms with Crippen LogP contribution in [-0.4, -0.2) is 19.3 Å². The topological polar surface area (TPSA) is 76.1 Å². The predicted octanol–water partition coefficient (Wildman–Crippen LogP) is 5.36. The smallest absolute Gasteiger partial charge is 0.223 e. The maximum absolute atomic E-state index is 14.6. The van der Waals surface area contributed by atoms with E-state index in [4.69, 9.17) is 11.6 Å². The van der Waals surface area contributed by atoms with Crippen LogP contribution in [0.1, 0.15) is 49.3 Å². The first-order chi connectivity index (χ1) is 16.9. The molecule has 3 aromatic rings. The van der Waals surface area contributed by atoms with Gasteiger partial charge in [0.25, 0.3) is 0 Å². The van der Waals surface area contributed by atoms with Crippen molar-refractivity contribution in [2.45, 2.75) is 64.3 Å². The number of nitrogens with one attached hydrogen (secondary N) is 1. The van der Waals surface area contributed by atoms with Crippen LogP contribution in [0.2, 0.25) is 5.02 Å². The molecule has 0 saturated heterocycles. The van der Waals surface area contributed by atoms with Crippen LogP contribution in [0.15, 0.2) is 80.5 Å². The third-order valence-corrected chi connectivity index (χ3v) is 18.2. The highest BCUT2D eigenvalue weighted by Crippen LogP contribution is 2.41. The van der Waals surface area contributed by atoms with Crippen molar-refractivity contribution in [3.05, 3.63) is 76.9 Å². The number of rotatable bonds is 4. The Morgan fingerprint density at radius 1 is 0.971 bits per heavy atom. The van der Waals surface area contributed by atoms with E-state index in [1.165, 1.54) is 0 Å². The molecule has 3 aliphatic rings. The van der Waals surface area contributed by atoms with Gasteiger partial charge in [-0.25, -0.2) is 13.4 Å². The molecule has 2 aliphatic carbocycles. The minimum absolute atomic E-state index is 0.00943. The normalized spacial score (nSPS) is 27.3. The molecule has 1 saturated carbocycles. The molecule has 9 heteroatoms. The average molecular weight is 545 g/mol. The van der Waals surface area contributed by atoms with Crippen molar-refractivity contribution in [2.75, 3.05) is 0 Å². The van der Waals surface area contributed by atoms with Gasteiger partial charge in [-0.1, -0.05) is 36.6 Å². The zero-order chi connectivity index (χ0) is 24.2. The van der Waals surface area contributed by atoms with E-state index >= 15 is 0 Å². The zero-order valence-electron chi connectivity index (χ0n) is 18.9. The van der Waals surface area contributed by atoms with Crippen molar-refractivity contribution in [3.63, 3.8) is 0 Å². The summed E-state index contributed by atoms with van der Waals surface area (Å²) >= 11 is 6.28. The number of pyridine rings is 1. The summed E-state index contributed by atoms with van der Waals surface area (Å²) in [5.41, 5.74) is 2.18. The van der Waals surface area contributed by atoms with E-state index in [1.807, 2.05) is 18.2 Å². The van der Waals surface area contributed by atoms with E-state index in [-0.39, 0.29) is 17.9 Å². The maximum Gasteiger partial charge on any atom is 0.223 e. The summed E-state index contributed by atoms with van der Waals surface area (Å²) in [7, 11) is -4.82. The minimum atomic E-state index is -2.93. The summed E-state index contributed by atoms with van der Waals surface area (Å²) in [6.45, 7) is 0. The molecule has 1 aliphatic heterocycles. The lowest BCUT2D eigenvalue weighted by Gasteiger charge is -2.18. The summed E-state index contributed by atoms with van der Waals surface area (Å²) in [6, 6.07) is 16.2. The van der Waals surface area contributed by atoms with Crippen molar-refractivity contribution in [3.8, 4) is 0 Å². The Morgan fingerprint density at radius 2 is 1.80 bits per heavy atom. The number of carbonyl (C=O) groups excluding carboxylic acids is 1. The molecule has 2 heterocycles. The molecule has 6 rings (SSSR count).